The van der Waals surface area contributed by atoms with Crippen molar-refractivity contribution in [1.82, 2.24) is 15.1 Å². The minimum absolute atomic E-state index is 0.0769. The van der Waals surface area contributed by atoms with Crippen LogP contribution in [0.3, 0.4) is 0 Å². The molecule has 0 spiro atoms. The normalized spacial score (nSPS) is 17.9. The average Bonchev–Trinajstić information content (AvgIpc) is 2.63. The van der Waals surface area contributed by atoms with Crippen LogP contribution in [0.15, 0.2) is 18.2 Å². The van der Waals surface area contributed by atoms with Crippen molar-refractivity contribution in [3.05, 3.63) is 29.6 Å². The highest BCUT2D eigenvalue weighted by Gasteiger charge is 2.26. The predicted octanol–water partition coefficient (Wildman–Crippen LogP) is 1.09. The van der Waals surface area contributed by atoms with Crippen LogP contribution >= 0.6 is 0 Å². The van der Waals surface area contributed by atoms with Gasteiger partial charge in [-0.05, 0) is 31.5 Å². The van der Waals surface area contributed by atoms with E-state index in [1.807, 2.05) is 4.90 Å². The molecule has 26 heavy (non-hydrogen) atoms. The number of rotatable bonds is 4. The van der Waals surface area contributed by atoms with Gasteiger partial charge in [-0.2, -0.15) is 0 Å². The molecule has 8 heteroatoms. The molecule has 2 aliphatic heterocycles. The molecule has 0 bridgehead atoms. The van der Waals surface area contributed by atoms with Crippen molar-refractivity contribution in [3.8, 4) is 0 Å². The Balaban J connectivity index is 1.56. The van der Waals surface area contributed by atoms with Crippen molar-refractivity contribution in [2.75, 3.05) is 50.7 Å². The van der Waals surface area contributed by atoms with Gasteiger partial charge in [0.1, 0.15) is 12.4 Å². The van der Waals surface area contributed by atoms with E-state index < -0.39 is 5.82 Å². The van der Waals surface area contributed by atoms with E-state index in [0.29, 0.717) is 50.5 Å². The number of urea groups is 1. The van der Waals surface area contributed by atoms with Crippen LogP contribution in [0.5, 0.6) is 0 Å². The van der Waals surface area contributed by atoms with Gasteiger partial charge in [-0.15, -0.1) is 0 Å². The second-order valence-corrected chi connectivity index (χ2v) is 6.60. The first-order valence-corrected chi connectivity index (χ1v) is 8.81. The first-order valence-electron chi connectivity index (χ1n) is 8.81. The van der Waals surface area contributed by atoms with Crippen LogP contribution in [0, 0.1) is 5.82 Å². The van der Waals surface area contributed by atoms with Crippen LogP contribution in [0.2, 0.25) is 0 Å². The molecule has 2 saturated heterocycles. The maximum absolute atomic E-state index is 14.3. The maximum Gasteiger partial charge on any atom is 0.317 e. The fraction of sp³-hybridized carbons (Fsp3) is 0.500. The zero-order chi connectivity index (χ0) is 18.7. The first kappa shape index (κ1) is 18.2. The van der Waals surface area contributed by atoms with Gasteiger partial charge >= 0.3 is 6.03 Å². The molecule has 1 N–H and O–H groups in total. The van der Waals surface area contributed by atoms with Crippen LogP contribution in [0.4, 0.5) is 14.9 Å². The van der Waals surface area contributed by atoms with E-state index in [-0.39, 0.29) is 24.3 Å². The highest BCUT2D eigenvalue weighted by atomic mass is 19.1. The lowest BCUT2D eigenvalue weighted by atomic mass is 10.1. The van der Waals surface area contributed by atoms with Gasteiger partial charge in [0.15, 0.2) is 5.78 Å². The average molecular weight is 362 g/mol. The van der Waals surface area contributed by atoms with Crippen LogP contribution < -0.4 is 10.2 Å². The van der Waals surface area contributed by atoms with Crippen LogP contribution in [-0.2, 0) is 4.79 Å². The number of halogens is 1. The molecule has 7 nitrogen and oxygen atoms in total. The number of hydrogen-bond acceptors (Lipinski definition) is 4. The summed E-state index contributed by atoms with van der Waals surface area (Å²) in [6.45, 7) is 4.68. The molecule has 0 saturated carbocycles. The Morgan fingerprint density at radius 2 is 1.88 bits per heavy atom. The monoisotopic (exact) mass is 362 g/mol. The molecule has 2 aliphatic rings. The third-order valence-electron chi connectivity index (χ3n) is 4.82. The van der Waals surface area contributed by atoms with Gasteiger partial charge in [0, 0.05) is 44.8 Å². The van der Waals surface area contributed by atoms with Crippen molar-refractivity contribution in [1.29, 1.82) is 0 Å². The van der Waals surface area contributed by atoms with E-state index in [9.17, 15) is 18.8 Å². The number of carbonyl (C=O) groups is 3. The lowest BCUT2D eigenvalue weighted by Gasteiger charge is -2.37. The smallest absolute Gasteiger partial charge is 0.317 e. The summed E-state index contributed by atoms with van der Waals surface area (Å²) in [6, 6.07) is 4.29. The van der Waals surface area contributed by atoms with Crippen molar-refractivity contribution < 1.29 is 18.8 Å². The highest BCUT2D eigenvalue weighted by molar-refractivity contribution is 5.94. The van der Waals surface area contributed by atoms with E-state index in [4.69, 9.17) is 0 Å². The molecule has 3 rings (SSSR count). The Hall–Kier alpha value is -2.64. The summed E-state index contributed by atoms with van der Waals surface area (Å²) >= 11 is 0. The number of hydrogen-bond donors (Lipinski definition) is 1. The maximum atomic E-state index is 14.3. The van der Waals surface area contributed by atoms with Gasteiger partial charge < -0.3 is 20.0 Å². The fourth-order valence-corrected chi connectivity index (χ4v) is 3.27. The van der Waals surface area contributed by atoms with E-state index in [0.717, 1.165) is 6.42 Å². The van der Waals surface area contributed by atoms with E-state index in [2.05, 4.69) is 5.32 Å². The molecule has 0 atom stereocenters. The van der Waals surface area contributed by atoms with E-state index >= 15 is 0 Å². The van der Waals surface area contributed by atoms with Crippen molar-refractivity contribution in [2.24, 2.45) is 0 Å². The number of anilines is 1. The Morgan fingerprint density at radius 3 is 2.50 bits per heavy atom. The Kier molecular flexibility index (Phi) is 5.39. The van der Waals surface area contributed by atoms with Gasteiger partial charge in [0.2, 0.25) is 5.91 Å². The topological polar surface area (TPSA) is 73.0 Å². The molecular formula is C18H23FN4O3. The minimum atomic E-state index is -0.428. The summed E-state index contributed by atoms with van der Waals surface area (Å²) in [5.41, 5.74) is 0.789. The Labute approximate surface area is 151 Å². The van der Waals surface area contributed by atoms with Crippen LogP contribution in [0.1, 0.15) is 23.7 Å². The Bertz CT molecular complexity index is 716. The van der Waals surface area contributed by atoms with Crippen LogP contribution in [-0.4, -0.2) is 73.3 Å². The molecule has 0 aromatic heterocycles. The van der Waals surface area contributed by atoms with E-state index in [1.165, 1.54) is 17.9 Å². The number of benzene rings is 1. The first-order chi connectivity index (χ1) is 12.5. The number of nitrogens with zero attached hydrogens (tertiary/aromatic N) is 3. The number of amides is 3. The molecule has 0 unspecified atom stereocenters. The molecule has 2 fully saturated rings. The number of nitrogens with one attached hydrogen (secondary N) is 1. The zero-order valence-corrected chi connectivity index (χ0v) is 14.8. The summed E-state index contributed by atoms with van der Waals surface area (Å²) < 4.78 is 14.3. The van der Waals surface area contributed by atoms with Crippen molar-refractivity contribution in [2.45, 2.75) is 13.3 Å². The lowest BCUT2D eigenvalue weighted by Crippen LogP contribution is -2.54. The summed E-state index contributed by atoms with van der Waals surface area (Å²) in [5.74, 6) is -0.691. The number of carbonyl (C=O) groups excluding carboxylic acids is 3. The van der Waals surface area contributed by atoms with E-state index in [1.54, 1.807) is 17.0 Å². The van der Waals surface area contributed by atoms with Crippen molar-refractivity contribution in [3.63, 3.8) is 0 Å². The fourth-order valence-electron chi connectivity index (χ4n) is 3.27. The molecule has 1 aromatic rings. The number of ketones is 1. The predicted molar refractivity (Wildman–Crippen MR) is 94.8 cm³/mol. The highest BCUT2D eigenvalue weighted by Crippen LogP contribution is 2.22. The molecule has 0 radical (unpaired) electrons. The second kappa shape index (κ2) is 7.72. The van der Waals surface area contributed by atoms with Gasteiger partial charge in [0.05, 0.1) is 5.69 Å². The number of Topliss-reactive ketones (excluding diaryl/α,β-unsaturated/α-hetero) is 1. The lowest BCUT2D eigenvalue weighted by molar-refractivity contribution is -0.132. The van der Waals surface area contributed by atoms with Crippen LogP contribution in [0.25, 0.3) is 0 Å². The van der Waals surface area contributed by atoms with Gasteiger partial charge in [-0.1, -0.05) is 0 Å². The molecular weight excluding hydrogens is 339 g/mol. The van der Waals surface area contributed by atoms with Gasteiger partial charge in [-0.25, -0.2) is 9.18 Å². The summed E-state index contributed by atoms with van der Waals surface area (Å²) in [6.07, 6.45) is 0.836. The summed E-state index contributed by atoms with van der Waals surface area (Å²) in [4.78, 5) is 40.6. The van der Waals surface area contributed by atoms with Gasteiger partial charge in [-0.3, -0.25) is 9.59 Å². The van der Waals surface area contributed by atoms with Gasteiger partial charge in [0.25, 0.3) is 0 Å². The summed E-state index contributed by atoms with van der Waals surface area (Å²) in [5, 5.41) is 2.73. The largest absolute Gasteiger partial charge is 0.366 e. The molecule has 140 valence electrons. The third-order valence-corrected chi connectivity index (χ3v) is 4.82. The minimum Gasteiger partial charge on any atom is -0.366 e. The number of piperazine rings is 1. The molecule has 1 aromatic carbocycles. The SMILES string of the molecule is CC(=O)c1ccc(N2CCN(C(=O)CN3CCCNC3=O)CC2)c(F)c1. The Morgan fingerprint density at radius 1 is 1.15 bits per heavy atom. The quantitative estimate of drug-likeness (QED) is 0.814. The molecule has 3 amide bonds. The second-order valence-electron chi connectivity index (χ2n) is 6.60. The molecule has 2 heterocycles. The third kappa shape index (κ3) is 3.95. The standard InChI is InChI=1S/C18H23FN4O3/c1-13(24)14-3-4-16(15(19)11-14)21-7-9-22(10-8-21)17(25)12-23-6-2-5-20-18(23)26/h3-4,11H,2,5-10,12H2,1H3,(H,20,26). The summed E-state index contributed by atoms with van der Waals surface area (Å²) in [7, 11) is 0. The zero-order valence-electron chi connectivity index (χ0n) is 14.8. The molecule has 0 aliphatic carbocycles. The van der Waals surface area contributed by atoms with Crippen molar-refractivity contribution >= 4 is 23.4 Å².